The molecule has 5 nitrogen and oxygen atoms in total. The molecule has 0 radical (unpaired) electrons. The van der Waals surface area contributed by atoms with Crippen molar-refractivity contribution in [1.82, 2.24) is 9.97 Å². The molecule has 122 valence electrons. The maximum Gasteiger partial charge on any atom is 0.275 e. The van der Waals surface area contributed by atoms with Gasteiger partial charge in [-0.2, -0.15) is 0 Å². The fourth-order valence-corrected chi connectivity index (χ4v) is 2.80. The minimum atomic E-state index is -0.293. The van der Waals surface area contributed by atoms with Crippen molar-refractivity contribution in [3.05, 3.63) is 56.8 Å². The van der Waals surface area contributed by atoms with Gasteiger partial charge in [0.2, 0.25) is 5.91 Å². The largest absolute Gasteiger partial charge is 0.325 e. The third-order valence-electron chi connectivity index (χ3n) is 3.68. The van der Waals surface area contributed by atoms with Crippen LogP contribution >= 0.6 is 15.9 Å². The monoisotopic (exact) mass is 385 g/mol. The first kappa shape index (κ1) is 16.4. The number of aromatic nitrogens is 2. The number of aryl methyl sites for hydroxylation is 1. The Bertz CT molecular complexity index is 995. The van der Waals surface area contributed by atoms with E-state index >= 15 is 0 Å². The van der Waals surface area contributed by atoms with Crippen LogP contribution in [0.4, 0.5) is 5.69 Å². The molecule has 0 bridgehead atoms. The number of nitrogens with one attached hydrogen (secondary N) is 2. The highest BCUT2D eigenvalue weighted by Crippen LogP contribution is 2.29. The van der Waals surface area contributed by atoms with E-state index in [9.17, 15) is 9.59 Å². The number of hydrogen-bond donors (Lipinski definition) is 2. The first-order chi connectivity index (χ1) is 11.5. The maximum atomic E-state index is 12.5. The molecule has 1 amide bonds. The van der Waals surface area contributed by atoms with Crippen molar-refractivity contribution < 1.29 is 4.79 Å². The number of hydrogen-bond acceptors (Lipinski definition) is 3. The fourth-order valence-electron chi connectivity index (χ4n) is 2.44. The third-order valence-corrected chi connectivity index (χ3v) is 4.17. The molecule has 0 saturated carbocycles. The van der Waals surface area contributed by atoms with Crippen molar-refractivity contribution in [3.8, 4) is 11.3 Å². The zero-order valence-electron chi connectivity index (χ0n) is 13.3. The van der Waals surface area contributed by atoms with Gasteiger partial charge in [-0.05, 0) is 42.8 Å². The Morgan fingerprint density at radius 1 is 1.25 bits per heavy atom. The summed E-state index contributed by atoms with van der Waals surface area (Å²) in [5.74, 6) is -0.119. The summed E-state index contributed by atoms with van der Waals surface area (Å²) in [6, 6.07) is 11.0. The van der Waals surface area contributed by atoms with Crippen LogP contribution in [0.1, 0.15) is 18.9 Å². The van der Waals surface area contributed by atoms with Crippen LogP contribution < -0.4 is 10.9 Å². The van der Waals surface area contributed by atoms with Gasteiger partial charge >= 0.3 is 0 Å². The Morgan fingerprint density at radius 2 is 2.04 bits per heavy atom. The van der Waals surface area contributed by atoms with E-state index < -0.39 is 0 Å². The number of halogens is 1. The van der Waals surface area contributed by atoms with Crippen molar-refractivity contribution in [2.45, 2.75) is 20.3 Å². The smallest absolute Gasteiger partial charge is 0.275 e. The van der Waals surface area contributed by atoms with E-state index in [1.807, 2.05) is 31.2 Å². The van der Waals surface area contributed by atoms with Crippen LogP contribution in [-0.4, -0.2) is 15.9 Å². The normalized spacial score (nSPS) is 10.8. The summed E-state index contributed by atoms with van der Waals surface area (Å²) >= 11 is 3.41. The predicted octanol–water partition coefficient (Wildman–Crippen LogP) is 4.01. The van der Waals surface area contributed by atoms with Gasteiger partial charge < -0.3 is 10.3 Å². The molecule has 0 aliphatic carbocycles. The first-order valence-electron chi connectivity index (χ1n) is 7.58. The molecule has 0 unspecified atom stereocenters. The lowest BCUT2D eigenvalue weighted by atomic mass is 10.1. The number of fused-ring (bicyclic) bond motifs is 1. The quantitative estimate of drug-likeness (QED) is 0.714. The molecule has 1 aromatic heterocycles. The van der Waals surface area contributed by atoms with E-state index in [1.54, 1.807) is 19.1 Å². The van der Waals surface area contributed by atoms with Crippen LogP contribution in [0.5, 0.6) is 0 Å². The SMILES string of the molecule is CCC(=O)Nc1ccc(Br)cc1-c1nc2ccc(C)cc2[nH]c1=O. The molecule has 2 N–H and O–H groups in total. The van der Waals surface area contributed by atoms with Crippen molar-refractivity contribution in [2.24, 2.45) is 0 Å². The molecule has 2 aromatic carbocycles. The average molecular weight is 386 g/mol. The number of nitrogens with zero attached hydrogens (tertiary/aromatic N) is 1. The second kappa shape index (κ2) is 6.57. The number of benzene rings is 2. The molecule has 6 heteroatoms. The zero-order chi connectivity index (χ0) is 17.3. The van der Waals surface area contributed by atoms with Gasteiger partial charge in [0.15, 0.2) is 0 Å². The van der Waals surface area contributed by atoms with Gasteiger partial charge in [0.25, 0.3) is 5.56 Å². The summed E-state index contributed by atoms with van der Waals surface area (Å²) in [7, 11) is 0. The first-order valence-corrected chi connectivity index (χ1v) is 8.37. The summed E-state index contributed by atoms with van der Waals surface area (Å²) in [5.41, 5.74) is 3.56. The van der Waals surface area contributed by atoms with Crippen LogP contribution in [0.3, 0.4) is 0 Å². The van der Waals surface area contributed by atoms with E-state index in [4.69, 9.17) is 0 Å². The summed E-state index contributed by atoms with van der Waals surface area (Å²) < 4.78 is 0.803. The number of rotatable bonds is 3. The minimum absolute atomic E-state index is 0.119. The number of carbonyl (C=O) groups excluding carboxylic acids is 1. The highest BCUT2D eigenvalue weighted by Gasteiger charge is 2.14. The van der Waals surface area contributed by atoms with Gasteiger partial charge in [-0.3, -0.25) is 9.59 Å². The Kier molecular flexibility index (Phi) is 4.49. The number of aromatic amines is 1. The molecular formula is C18H16BrN3O2. The summed E-state index contributed by atoms with van der Waals surface area (Å²) in [6.07, 6.45) is 0.357. The Balaban J connectivity index is 2.21. The zero-order valence-corrected chi connectivity index (χ0v) is 14.9. The van der Waals surface area contributed by atoms with Crippen LogP contribution in [-0.2, 0) is 4.79 Å². The predicted molar refractivity (Wildman–Crippen MR) is 99.2 cm³/mol. The van der Waals surface area contributed by atoms with Crippen molar-refractivity contribution >= 4 is 38.6 Å². The molecule has 0 saturated heterocycles. The lowest BCUT2D eigenvalue weighted by Gasteiger charge is -2.11. The van der Waals surface area contributed by atoms with Crippen LogP contribution in [0, 0.1) is 6.92 Å². The average Bonchev–Trinajstić information content (AvgIpc) is 2.55. The summed E-state index contributed by atoms with van der Waals surface area (Å²) in [6.45, 7) is 3.73. The second-order valence-electron chi connectivity index (χ2n) is 5.53. The number of anilines is 1. The van der Waals surface area contributed by atoms with E-state index in [-0.39, 0.29) is 17.2 Å². The molecule has 0 fully saturated rings. The second-order valence-corrected chi connectivity index (χ2v) is 6.44. The molecule has 0 aliphatic heterocycles. The van der Waals surface area contributed by atoms with Gasteiger partial charge in [0, 0.05) is 16.5 Å². The van der Waals surface area contributed by atoms with Gasteiger partial charge in [-0.25, -0.2) is 4.98 Å². The molecule has 3 aromatic rings. The van der Waals surface area contributed by atoms with Gasteiger partial charge in [0.1, 0.15) is 5.69 Å². The van der Waals surface area contributed by atoms with E-state index in [0.29, 0.717) is 28.7 Å². The third kappa shape index (κ3) is 3.23. The fraction of sp³-hybridized carbons (Fsp3) is 0.167. The molecule has 1 heterocycles. The van der Waals surface area contributed by atoms with E-state index in [2.05, 4.69) is 31.2 Å². The Morgan fingerprint density at radius 3 is 2.79 bits per heavy atom. The highest BCUT2D eigenvalue weighted by atomic mass is 79.9. The van der Waals surface area contributed by atoms with Crippen LogP contribution in [0.15, 0.2) is 45.7 Å². The molecular weight excluding hydrogens is 370 g/mol. The van der Waals surface area contributed by atoms with E-state index in [0.717, 1.165) is 10.0 Å². The molecule has 0 aliphatic rings. The van der Waals surface area contributed by atoms with Gasteiger partial charge in [-0.15, -0.1) is 0 Å². The van der Waals surface area contributed by atoms with Crippen molar-refractivity contribution in [3.63, 3.8) is 0 Å². The van der Waals surface area contributed by atoms with E-state index in [1.165, 1.54) is 0 Å². The molecule has 3 rings (SSSR count). The number of carbonyl (C=O) groups is 1. The van der Waals surface area contributed by atoms with Crippen LogP contribution in [0.2, 0.25) is 0 Å². The summed E-state index contributed by atoms with van der Waals surface area (Å²) in [4.78, 5) is 31.6. The highest BCUT2D eigenvalue weighted by molar-refractivity contribution is 9.10. The van der Waals surface area contributed by atoms with Gasteiger partial charge in [0.05, 0.1) is 16.7 Å². The van der Waals surface area contributed by atoms with Crippen LogP contribution in [0.25, 0.3) is 22.3 Å². The Labute approximate surface area is 147 Å². The number of amides is 1. The summed E-state index contributed by atoms with van der Waals surface area (Å²) in [5, 5.41) is 2.82. The Hall–Kier alpha value is -2.47. The maximum absolute atomic E-state index is 12.5. The van der Waals surface area contributed by atoms with Gasteiger partial charge in [-0.1, -0.05) is 28.9 Å². The minimum Gasteiger partial charge on any atom is -0.325 e. The standard InChI is InChI=1S/C18H16BrN3O2/c1-3-16(23)20-13-7-5-11(19)9-12(13)17-18(24)22-15-8-10(2)4-6-14(15)21-17/h4-9H,3H2,1-2H3,(H,20,23)(H,22,24). The lowest BCUT2D eigenvalue weighted by Crippen LogP contribution is -2.15. The molecule has 0 spiro atoms. The molecule has 0 atom stereocenters. The topological polar surface area (TPSA) is 74.8 Å². The number of H-pyrrole nitrogens is 1. The molecule has 24 heavy (non-hydrogen) atoms. The van der Waals surface area contributed by atoms with Crippen molar-refractivity contribution in [2.75, 3.05) is 5.32 Å². The van der Waals surface area contributed by atoms with Crippen molar-refractivity contribution in [1.29, 1.82) is 0 Å². The lowest BCUT2D eigenvalue weighted by molar-refractivity contribution is -0.115.